The van der Waals surface area contributed by atoms with Crippen LogP contribution in [0.3, 0.4) is 0 Å². The lowest BCUT2D eigenvalue weighted by atomic mass is 10.2. The van der Waals surface area contributed by atoms with Gasteiger partial charge in [0.2, 0.25) is 10.0 Å². The number of hydrogen-bond acceptors (Lipinski definition) is 6. The molecule has 0 bridgehead atoms. The van der Waals surface area contributed by atoms with Crippen LogP contribution in [-0.4, -0.2) is 41.6 Å². The molecule has 9 nitrogen and oxygen atoms in total. The van der Waals surface area contributed by atoms with E-state index in [1.54, 1.807) is 18.2 Å². The summed E-state index contributed by atoms with van der Waals surface area (Å²) in [4.78, 5) is 12.5. The number of nitrogens with zero attached hydrogens (tertiary/aromatic N) is 1. The third kappa shape index (κ3) is 5.97. The van der Waals surface area contributed by atoms with Crippen LogP contribution >= 0.6 is 11.6 Å². The van der Waals surface area contributed by atoms with Gasteiger partial charge < -0.3 is 10.1 Å². The van der Waals surface area contributed by atoms with Crippen LogP contribution in [0.25, 0.3) is 0 Å². The molecule has 0 saturated carbocycles. The molecule has 1 aliphatic rings. The summed E-state index contributed by atoms with van der Waals surface area (Å²) in [6.07, 6.45) is -4.97. The van der Waals surface area contributed by atoms with Gasteiger partial charge in [-0.2, -0.15) is 13.2 Å². The van der Waals surface area contributed by atoms with E-state index in [1.165, 1.54) is 18.2 Å². The Morgan fingerprint density at radius 1 is 1.00 bits per heavy atom. The molecule has 2 N–H and O–H groups in total. The minimum absolute atomic E-state index is 0.174. The van der Waals surface area contributed by atoms with Gasteiger partial charge in [0.1, 0.15) is 5.75 Å². The molecule has 1 heterocycles. The average Bonchev–Trinajstić information content (AvgIpc) is 2.83. The highest BCUT2D eigenvalue weighted by atomic mass is 35.5. The summed E-state index contributed by atoms with van der Waals surface area (Å²) in [5.74, 6) is -0.476. The average molecular weight is 590 g/mol. The van der Waals surface area contributed by atoms with Crippen molar-refractivity contribution in [1.29, 1.82) is 0 Å². The molecule has 202 valence electrons. The lowest BCUT2D eigenvalue weighted by Gasteiger charge is -2.33. The molecule has 0 spiro atoms. The van der Waals surface area contributed by atoms with Crippen LogP contribution in [0.4, 0.5) is 30.2 Å². The predicted octanol–water partition coefficient (Wildman–Crippen LogP) is 4.33. The van der Waals surface area contributed by atoms with Crippen molar-refractivity contribution < 1.29 is 39.5 Å². The summed E-state index contributed by atoms with van der Waals surface area (Å²) in [6, 6.07) is 13.7. The Bertz CT molecular complexity index is 1600. The van der Waals surface area contributed by atoms with Crippen molar-refractivity contribution in [2.45, 2.75) is 17.2 Å². The van der Waals surface area contributed by atoms with Crippen molar-refractivity contribution in [2.24, 2.45) is 0 Å². The van der Waals surface area contributed by atoms with Crippen LogP contribution < -0.4 is 19.1 Å². The van der Waals surface area contributed by atoms with Gasteiger partial charge in [0.05, 0.1) is 34.0 Å². The van der Waals surface area contributed by atoms with E-state index in [9.17, 15) is 34.8 Å². The van der Waals surface area contributed by atoms with Gasteiger partial charge in [0.15, 0.2) is 6.10 Å². The molecule has 1 aliphatic heterocycles. The van der Waals surface area contributed by atoms with Crippen molar-refractivity contribution in [3.05, 3.63) is 77.3 Å². The summed E-state index contributed by atoms with van der Waals surface area (Å²) < 4.78 is 97.9. The lowest BCUT2D eigenvalue weighted by Crippen LogP contribution is -2.48. The van der Waals surface area contributed by atoms with E-state index in [2.05, 4.69) is 10.0 Å². The van der Waals surface area contributed by atoms with E-state index >= 15 is 0 Å². The molecule has 15 heteroatoms. The summed E-state index contributed by atoms with van der Waals surface area (Å²) in [5.41, 5.74) is -1.07. The maximum atomic E-state index is 13.1. The van der Waals surface area contributed by atoms with Gasteiger partial charge in [-0.25, -0.2) is 16.8 Å². The molecule has 1 atom stereocenters. The first kappa shape index (κ1) is 27.5. The third-order valence-electron chi connectivity index (χ3n) is 5.38. The molecule has 1 amide bonds. The van der Waals surface area contributed by atoms with Crippen LogP contribution in [0.1, 0.15) is 5.56 Å². The first-order chi connectivity index (χ1) is 17.6. The predicted molar refractivity (Wildman–Crippen MR) is 135 cm³/mol. The Labute approximate surface area is 221 Å². The van der Waals surface area contributed by atoms with Gasteiger partial charge in [0, 0.05) is 11.4 Å². The maximum Gasteiger partial charge on any atom is 0.417 e. The van der Waals surface area contributed by atoms with E-state index in [-0.39, 0.29) is 28.6 Å². The van der Waals surface area contributed by atoms with Crippen molar-refractivity contribution in [2.75, 3.05) is 27.1 Å². The molecule has 0 unspecified atom stereocenters. The Morgan fingerprint density at radius 2 is 1.63 bits per heavy atom. The van der Waals surface area contributed by atoms with Crippen molar-refractivity contribution >= 4 is 54.6 Å². The van der Waals surface area contributed by atoms with Crippen molar-refractivity contribution in [3.8, 4) is 5.75 Å². The number of nitrogens with one attached hydrogen (secondary N) is 2. The maximum absolute atomic E-state index is 13.1. The van der Waals surface area contributed by atoms with Crippen molar-refractivity contribution in [3.63, 3.8) is 0 Å². The molecular formula is C23H19ClF3N3O6S2. The Kier molecular flexibility index (Phi) is 7.25. The van der Waals surface area contributed by atoms with E-state index in [0.717, 1.165) is 34.8 Å². The summed E-state index contributed by atoms with van der Waals surface area (Å²) in [7, 11) is -7.99. The number of hydrogen-bond donors (Lipinski definition) is 2. The van der Waals surface area contributed by atoms with E-state index in [4.69, 9.17) is 16.3 Å². The molecule has 38 heavy (non-hydrogen) atoms. The Hall–Kier alpha value is -3.49. The highest BCUT2D eigenvalue weighted by molar-refractivity contribution is 7.92. The van der Waals surface area contributed by atoms with Gasteiger partial charge >= 0.3 is 6.18 Å². The summed E-state index contributed by atoms with van der Waals surface area (Å²) in [6.45, 7) is -0.279. The number of ether oxygens (including phenoxy) is 1. The molecule has 0 aromatic heterocycles. The first-order valence-corrected chi connectivity index (χ1v) is 14.4. The zero-order chi connectivity index (χ0) is 27.9. The smallest absolute Gasteiger partial charge is 0.417 e. The molecule has 4 rings (SSSR count). The number of benzene rings is 3. The van der Waals surface area contributed by atoms with Gasteiger partial charge in [0.25, 0.3) is 15.9 Å². The minimum Gasteiger partial charge on any atom is -0.476 e. The molecular weight excluding hydrogens is 571 g/mol. The van der Waals surface area contributed by atoms with Crippen LogP contribution in [0.15, 0.2) is 71.6 Å². The topological polar surface area (TPSA) is 122 Å². The number of sulfonamides is 2. The first-order valence-electron chi connectivity index (χ1n) is 10.7. The zero-order valence-electron chi connectivity index (χ0n) is 19.4. The Morgan fingerprint density at radius 3 is 2.26 bits per heavy atom. The minimum atomic E-state index is -4.78. The number of para-hydroxylation sites is 2. The number of carbonyl (C=O) groups excluding carboxylic acids is 1. The number of fused-ring (bicyclic) bond motifs is 1. The fourth-order valence-electron chi connectivity index (χ4n) is 3.61. The molecule has 0 radical (unpaired) electrons. The number of carbonyl (C=O) groups is 1. The molecule has 3 aromatic carbocycles. The summed E-state index contributed by atoms with van der Waals surface area (Å²) in [5, 5.41) is 1.95. The molecule has 0 aliphatic carbocycles. The standard InChI is InChI=1S/C23H19ClF3N3O6S2/c1-37(32,33)30-13-21(36-20-5-3-2-4-19(20)30)22(31)28-14-6-9-16(10-7-14)38(34,35)29-15-8-11-18(24)17(12-15)23(25,26)27/h2-12,21,29H,13H2,1H3,(H,28,31)/t21-/m1/s1. The number of rotatable bonds is 6. The quantitative estimate of drug-likeness (QED) is 0.441. The van der Waals surface area contributed by atoms with E-state index in [0.29, 0.717) is 11.8 Å². The second-order valence-electron chi connectivity index (χ2n) is 8.18. The van der Waals surface area contributed by atoms with Gasteiger partial charge in [-0.15, -0.1) is 0 Å². The summed E-state index contributed by atoms with van der Waals surface area (Å²) >= 11 is 5.57. The van der Waals surface area contributed by atoms with E-state index in [1.807, 2.05) is 0 Å². The lowest BCUT2D eigenvalue weighted by molar-refractivity contribution is -0.137. The number of anilines is 3. The van der Waals surface area contributed by atoms with Crippen LogP contribution in [0.2, 0.25) is 5.02 Å². The van der Waals surface area contributed by atoms with Crippen LogP contribution in [0, 0.1) is 0 Å². The van der Waals surface area contributed by atoms with Gasteiger partial charge in [-0.1, -0.05) is 23.7 Å². The molecule has 3 aromatic rings. The Balaban J connectivity index is 1.48. The second kappa shape index (κ2) is 10.0. The normalized spacial score (nSPS) is 15.8. The number of amides is 1. The zero-order valence-corrected chi connectivity index (χ0v) is 21.7. The van der Waals surface area contributed by atoms with Crippen molar-refractivity contribution in [1.82, 2.24) is 0 Å². The highest BCUT2D eigenvalue weighted by Crippen LogP contribution is 2.37. The van der Waals surface area contributed by atoms with Crippen LogP contribution in [0.5, 0.6) is 5.75 Å². The molecule has 0 saturated heterocycles. The monoisotopic (exact) mass is 589 g/mol. The van der Waals surface area contributed by atoms with Crippen LogP contribution in [-0.2, 0) is 31.0 Å². The third-order valence-corrected chi connectivity index (χ3v) is 8.26. The highest BCUT2D eigenvalue weighted by Gasteiger charge is 2.35. The largest absolute Gasteiger partial charge is 0.476 e. The fraction of sp³-hybridized carbons (Fsp3) is 0.174. The number of alkyl halides is 3. The van der Waals surface area contributed by atoms with E-state index < -0.39 is 48.8 Å². The SMILES string of the molecule is CS(=O)(=O)N1C[C@H](C(=O)Nc2ccc(S(=O)(=O)Nc3ccc(Cl)c(C(F)(F)F)c3)cc2)Oc2ccccc21. The molecule has 0 fully saturated rings. The fourth-order valence-corrected chi connectivity index (χ4v) is 5.80. The van der Waals surface area contributed by atoms with Gasteiger partial charge in [-0.3, -0.25) is 13.8 Å². The van der Waals surface area contributed by atoms with Gasteiger partial charge in [-0.05, 0) is 54.6 Å². The second-order valence-corrected chi connectivity index (χ2v) is 12.2. The number of halogens is 4.